The SMILES string of the molecule is COc1ncc(-c2cc3c(c(-c4nnc(CN5CCN(C(C)C)CC5)o4)c2)C=[C+]3)cc1NS(=O)(=O)c1ccc(F)cc1F. The van der Waals surface area contributed by atoms with Gasteiger partial charge in [-0.05, 0) is 38.1 Å². The zero-order chi connectivity index (χ0) is 30.3. The lowest BCUT2D eigenvalue weighted by atomic mass is 9.88. The van der Waals surface area contributed by atoms with E-state index in [2.05, 4.69) is 49.6 Å². The molecule has 1 saturated heterocycles. The highest BCUT2D eigenvalue weighted by Gasteiger charge is 2.28. The number of hydrogen-bond donors (Lipinski definition) is 1. The van der Waals surface area contributed by atoms with Crippen molar-refractivity contribution in [1.29, 1.82) is 0 Å². The first-order chi connectivity index (χ1) is 20.6. The van der Waals surface area contributed by atoms with Crippen LogP contribution in [0.2, 0.25) is 0 Å². The molecule has 2 aliphatic rings. The Labute approximate surface area is 248 Å². The fraction of sp³-hybridized carbons (Fsp3) is 0.300. The van der Waals surface area contributed by atoms with E-state index >= 15 is 0 Å². The van der Waals surface area contributed by atoms with Crippen LogP contribution in [0, 0.1) is 17.7 Å². The number of sulfonamides is 1. The number of halogens is 2. The van der Waals surface area contributed by atoms with Crippen molar-refractivity contribution in [2.24, 2.45) is 0 Å². The monoisotopic (exact) mass is 607 g/mol. The second-order valence-electron chi connectivity index (χ2n) is 10.6. The highest BCUT2D eigenvalue weighted by molar-refractivity contribution is 7.92. The van der Waals surface area contributed by atoms with Crippen LogP contribution in [0.3, 0.4) is 0 Å². The molecule has 0 amide bonds. The Balaban J connectivity index is 1.27. The topological polar surface area (TPSA) is 114 Å². The van der Waals surface area contributed by atoms with Gasteiger partial charge in [-0.25, -0.2) is 22.2 Å². The lowest BCUT2D eigenvalue weighted by molar-refractivity contribution is 0.0979. The van der Waals surface area contributed by atoms with Gasteiger partial charge in [0.25, 0.3) is 15.9 Å². The van der Waals surface area contributed by atoms with Crippen LogP contribution in [-0.2, 0) is 16.6 Å². The maximum absolute atomic E-state index is 14.3. The van der Waals surface area contributed by atoms with Gasteiger partial charge in [-0.15, -0.1) is 10.2 Å². The fourth-order valence-corrected chi connectivity index (χ4v) is 6.25. The van der Waals surface area contributed by atoms with E-state index in [1.165, 1.54) is 19.4 Å². The Hall–Kier alpha value is -4.29. The summed E-state index contributed by atoms with van der Waals surface area (Å²) in [6.45, 7) is 8.77. The van der Waals surface area contributed by atoms with Crippen molar-refractivity contribution in [3.05, 3.63) is 77.3 Å². The van der Waals surface area contributed by atoms with E-state index in [1.807, 2.05) is 18.2 Å². The maximum atomic E-state index is 14.3. The summed E-state index contributed by atoms with van der Waals surface area (Å²) in [5.41, 5.74) is 3.63. The molecule has 0 spiro atoms. The van der Waals surface area contributed by atoms with Crippen LogP contribution in [0.5, 0.6) is 5.88 Å². The van der Waals surface area contributed by atoms with Gasteiger partial charge in [0.05, 0.1) is 30.9 Å². The highest BCUT2D eigenvalue weighted by Crippen LogP contribution is 2.38. The summed E-state index contributed by atoms with van der Waals surface area (Å²) < 4.78 is 67.3. The van der Waals surface area contributed by atoms with Crippen molar-refractivity contribution in [1.82, 2.24) is 25.0 Å². The third-order valence-electron chi connectivity index (χ3n) is 7.55. The van der Waals surface area contributed by atoms with E-state index in [1.54, 1.807) is 0 Å². The third-order valence-corrected chi connectivity index (χ3v) is 8.95. The van der Waals surface area contributed by atoms with Gasteiger partial charge < -0.3 is 9.15 Å². The predicted molar refractivity (Wildman–Crippen MR) is 155 cm³/mol. The van der Waals surface area contributed by atoms with Crippen molar-refractivity contribution < 1.29 is 26.4 Å². The van der Waals surface area contributed by atoms with E-state index in [9.17, 15) is 17.2 Å². The maximum Gasteiger partial charge on any atom is 0.264 e. The first kappa shape index (κ1) is 28.8. The van der Waals surface area contributed by atoms with Crippen LogP contribution in [0.25, 0.3) is 28.7 Å². The van der Waals surface area contributed by atoms with Crippen LogP contribution in [-0.4, -0.2) is 72.7 Å². The third kappa shape index (κ3) is 5.84. The van der Waals surface area contributed by atoms with Gasteiger partial charge >= 0.3 is 0 Å². The van der Waals surface area contributed by atoms with Gasteiger partial charge in [-0.2, -0.15) is 0 Å². The molecule has 222 valence electrons. The summed E-state index contributed by atoms with van der Waals surface area (Å²) in [4.78, 5) is 8.28. The minimum absolute atomic E-state index is 0.0230. The van der Waals surface area contributed by atoms with Gasteiger partial charge in [0.2, 0.25) is 11.8 Å². The number of piperazine rings is 1. The normalized spacial score (nSPS) is 15.2. The molecule has 2 aromatic carbocycles. The van der Waals surface area contributed by atoms with Crippen molar-refractivity contribution in [2.75, 3.05) is 38.0 Å². The Morgan fingerprint density at radius 3 is 2.53 bits per heavy atom. The number of anilines is 1. The quantitative estimate of drug-likeness (QED) is 0.240. The van der Waals surface area contributed by atoms with Crippen LogP contribution < -0.4 is 9.46 Å². The summed E-state index contributed by atoms with van der Waals surface area (Å²) in [5, 5.41) is 8.61. The fourth-order valence-electron chi connectivity index (χ4n) is 5.14. The van der Waals surface area contributed by atoms with E-state index < -0.39 is 26.6 Å². The minimum atomic E-state index is -4.43. The molecule has 3 heterocycles. The molecule has 0 atom stereocenters. The second-order valence-corrected chi connectivity index (χ2v) is 12.3. The molecule has 0 unspecified atom stereocenters. The van der Waals surface area contributed by atoms with Crippen LogP contribution in [0.1, 0.15) is 30.9 Å². The number of fused-ring (bicyclic) bond motifs is 1. The lowest BCUT2D eigenvalue weighted by Gasteiger charge is -2.36. The van der Waals surface area contributed by atoms with Crippen LogP contribution in [0.15, 0.2) is 51.9 Å². The largest absolute Gasteiger partial charge is 0.480 e. The molecular weight excluding hydrogens is 578 g/mol. The first-order valence-corrected chi connectivity index (χ1v) is 15.2. The standard InChI is InChI=1S/C30H29F2N6O4S/c1-18(2)38-10-8-37(9-11-38)17-28-34-35-29(42-28)24-13-20(12-19-4-6-23(19)24)21-14-26(30(41-3)33-16-21)36-43(39,40)27-7-5-22(31)15-25(27)32/h5-7,12-16,18,36H,8-11,17H2,1-3H3/q+1. The summed E-state index contributed by atoms with van der Waals surface area (Å²) in [6, 6.07) is 8.00. The van der Waals surface area contributed by atoms with E-state index in [-0.39, 0.29) is 11.6 Å². The summed E-state index contributed by atoms with van der Waals surface area (Å²) in [5.74, 6) is -1.25. The van der Waals surface area contributed by atoms with E-state index in [4.69, 9.17) is 9.15 Å². The number of aromatic nitrogens is 3. The molecule has 0 radical (unpaired) electrons. The summed E-state index contributed by atoms with van der Waals surface area (Å²) in [6.07, 6.45) is 6.51. The van der Waals surface area contributed by atoms with Gasteiger partial charge in [0.1, 0.15) is 22.2 Å². The zero-order valence-electron chi connectivity index (χ0n) is 23.8. The number of nitrogens with zero attached hydrogens (tertiary/aromatic N) is 5. The van der Waals surface area contributed by atoms with Crippen molar-refractivity contribution in [2.45, 2.75) is 31.3 Å². The number of methoxy groups -OCH3 is 1. The van der Waals surface area contributed by atoms with Crippen molar-refractivity contribution >= 4 is 21.8 Å². The second kappa shape index (κ2) is 11.4. The number of nitrogens with one attached hydrogen (secondary N) is 1. The molecule has 0 bridgehead atoms. The number of pyridine rings is 1. The average Bonchev–Trinajstić information content (AvgIpc) is 3.41. The van der Waals surface area contributed by atoms with E-state index in [0.29, 0.717) is 47.1 Å². The summed E-state index contributed by atoms with van der Waals surface area (Å²) in [7, 11) is -3.10. The molecule has 1 aliphatic carbocycles. The molecule has 1 N–H and O–H groups in total. The van der Waals surface area contributed by atoms with Gasteiger partial charge in [-0.1, -0.05) is 0 Å². The molecular formula is C30H29F2N6O4S+. The Morgan fingerprint density at radius 2 is 1.86 bits per heavy atom. The number of benzene rings is 2. The van der Waals surface area contributed by atoms with Gasteiger partial charge in [0, 0.05) is 67.8 Å². The Morgan fingerprint density at radius 1 is 1.07 bits per heavy atom. The average molecular weight is 608 g/mol. The predicted octanol–water partition coefficient (Wildman–Crippen LogP) is 4.59. The molecule has 0 saturated carbocycles. The summed E-state index contributed by atoms with van der Waals surface area (Å²) >= 11 is 0. The molecule has 10 nitrogen and oxygen atoms in total. The van der Waals surface area contributed by atoms with Crippen LogP contribution in [0.4, 0.5) is 14.5 Å². The number of ether oxygens (including phenoxy) is 1. The van der Waals surface area contributed by atoms with Gasteiger partial charge in [-0.3, -0.25) is 14.5 Å². The van der Waals surface area contributed by atoms with Crippen molar-refractivity contribution in [3.63, 3.8) is 0 Å². The molecule has 2 aromatic heterocycles. The Kier molecular flexibility index (Phi) is 7.65. The van der Waals surface area contributed by atoms with Crippen molar-refractivity contribution in [3.8, 4) is 28.5 Å². The lowest BCUT2D eigenvalue weighted by Crippen LogP contribution is -2.48. The smallest absolute Gasteiger partial charge is 0.264 e. The number of rotatable bonds is 9. The van der Waals surface area contributed by atoms with Gasteiger partial charge in [0.15, 0.2) is 5.56 Å². The minimum Gasteiger partial charge on any atom is -0.480 e. The molecule has 4 aromatic rings. The van der Waals surface area contributed by atoms with E-state index in [0.717, 1.165) is 49.4 Å². The molecule has 6 rings (SSSR count). The van der Waals surface area contributed by atoms with Crippen LogP contribution >= 0.6 is 0 Å². The molecule has 43 heavy (non-hydrogen) atoms. The first-order valence-electron chi connectivity index (χ1n) is 13.7. The number of hydrogen-bond acceptors (Lipinski definition) is 9. The molecule has 1 aliphatic heterocycles. The molecule has 1 fully saturated rings. The Bertz CT molecular complexity index is 1820. The highest BCUT2D eigenvalue weighted by atomic mass is 32.2. The zero-order valence-corrected chi connectivity index (χ0v) is 24.6. The molecule has 13 heteroatoms.